The Labute approximate surface area is 175 Å². The Kier molecular flexibility index (Phi) is 4.83. The normalized spacial score (nSPS) is 20.1. The summed E-state index contributed by atoms with van der Waals surface area (Å²) < 4.78 is 29.5. The highest BCUT2D eigenvalue weighted by atomic mass is 32.2. The molecule has 1 atom stereocenters. The number of nitrogens with zero attached hydrogens (tertiary/aromatic N) is 2. The summed E-state index contributed by atoms with van der Waals surface area (Å²) in [6.07, 6.45) is 2.22. The third-order valence-electron chi connectivity index (χ3n) is 5.71. The average Bonchev–Trinajstić information content (AvgIpc) is 3.50. The number of oxazole rings is 1. The first-order valence-electron chi connectivity index (χ1n) is 10.2. The lowest BCUT2D eigenvalue weighted by molar-refractivity contribution is -0.121. The summed E-state index contributed by atoms with van der Waals surface area (Å²) >= 11 is 0. The van der Waals surface area contributed by atoms with Crippen LogP contribution in [0.2, 0.25) is 0 Å². The summed E-state index contributed by atoms with van der Waals surface area (Å²) in [6, 6.07) is 14.4. The Hall–Kier alpha value is -2.71. The van der Waals surface area contributed by atoms with Crippen LogP contribution >= 0.6 is 0 Å². The van der Waals surface area contributed by atoms with E-state index >= 15 is 0 Å². The van der Waals surface area contributed by atoms with Gasteiger partial charge in [-0.3, -0.25) is 9.69 Å². The zero-order valence-electron chi connectivity index (χ0n) is 16.5. The maximum Gasteiger partial charge on any atom is 0.246 e. The largest absolute Gasteiger partial charge is 0.440 e. The monoisotopic (exact) mass is 425 g/mol. The Morgan fingerprint density at radius 2 is 1.83 bits per heavy atom. The smallest absolute Gasteiger partial charge is 0.246 e. The standard InChI is InChI=1S/C22H23N3O4S/c26-21(23-17-8-9-19-18(14-17)24-22(29-19)16-6-7-16)20(15-4-2-1-3-5-15)25-10-12-30(27,28)13-11-25/h1-5,8-9,14,16,20H,6-7,10-13H2,(H,23,26). The molecule has 5 rings (SSSR count). The zero-order chi connectivity index (χ0) is 20.7. The van der Waals surface area contributed by atoms with Crippen molar-refractivity contribution in [1.29, 1.82) is 0 Å². The third-order valence-corrected chi connectivity index (χ3v) is 7.32. The van der Waals surface area contributed by atoms with Crippen LogP contribution in [-0.2, 0) is 14.6 Å². The molecular formula is C22H23N3O4S. The Morgan fingerprint density at radius 1 is 1.10 bits per heavy atom. The van der Waals surface area contributed by atoms with Crippen molar-refractivity contribution in [2.24, 2.45) is 0 Å². The molecule has 1 amide bonds. The molecule has 1 saturated carbocycles. The number of nitrogens with one attached hydrogen (secondary N) is 1. The van der Waals surface area contributed by atoms with Gasteiger partial charge in [-0.1, -0.05) is 30.3 Å². The second-order valence-electron chi connectivity index (χ2n) is 8.00. The van der Waals surface area contributed by atoms with Gasteiger partial charge in [0.25, 0.3) is 0 Å². The van der Waals surface area contributed by atoms with E-state index in [1.807, 2.05) is 53.4 Å². The molecule has 2 fully saturated rings. The fourth-order valence-corrected chi connectivity index (χ4v) is 5.12. The number of amides is 1. The van der Waals surface area contributed by atoms with Crippen LogP contribution in [0.3, 0.4) is 0 Å². The van der Waals surface area contributed by atoms with Crippen LogP contribution in [0.25, 0.3) is 11.1 Å². The molecule has 156 valence electrons. The van der Waals surface area contributed by atoms with Crippen molar-refractivity contribution in [2.45, 2.75) is 24.8 Å². The number of sulfone groups is 1. The van der Waals surface area contributed by atoms with Gasteiger partial charge in [0, 0.05) is 24.7 Å². The molecule has 3 aromatic rings. The highest BCUT2D eigenvalue weighted by Crippen LogP contribution is 2.40. The van der Waals surface area contributed by atoms with Crippen molar-refractivity contribution in [3.05, 3.63) is 60.0 Å². The molecule has 0 spiro atoms. The number of aromatic nitrogens is 1. The van der Waals surface area contributed by atoms with Crippen LogP contribution in [0.15, 0.2) is 52.9 Å². The van der Waals surface area contributed by atoms with Gasteiger partial charge in [-0.25, -0.2) is 13.4 Å². The van der Waals surface area contributed by atoms with Gasteiger partial charge in [0.1, 0.15) is 11.6 Å². The first-order valence-corrected chi connectivity index (χ1v) is 12.0. The molecule has 2 aliphatic rings. The molecule has 0 radical (unpaired) electrons. The first-order chi connectivity index (χ1) is 14.5. The molecule has 1 unspecified atom stereocenters. The van der Waals surface area contributed by atoms with Crippen molar-refractivity contribution in [1.82, 2.24) is 9.88 Å². The molecule has 1 N–H and O–H groups in total. The molecule has 1 saturated heterocycles. The predicted octanol–water partition coefficient (Wildman–Crippen LogP) is 3.12. The van der Waals surface area contributed by atoms with Crippen LogP contribution < -0.4 is 5.32 Å². The van der Waals surface area contributed by atoms with Crippen LogP contribution in [-0.4, -0.2) is 48.8 Å². The van der Waals surface area contributed by atoms with Crippen molar-refractivity contribution >= 4 is 32.5 Å². The fraction of sp³-hybridized carbons (Fsp3) is 0.364. The topological polar surface area (TPSA) is 92.5 Å². The number of benzene rings is 2. The molecule has 1 aromatic heterocycles. The van der Waals surface area contributed by atoms with E-state index in [0.717, 1.165) is 35.4 Å². The number of hydrogen-bond acceptors (Lipinski definition) is 6. The van der Waals surface area contributed by atoms with E-state index in [2.05, 4.69) is 10.3 Å². The number of anilines is 1. The van der Waals surface area contributed by atoms with Crippen molar-refractivity contribution < 1.29 is 17.6 Å². The Bertz CT molecular complexity index is 1170. The second-order valence-corrected chi connectivity index (χ2v) is 10.3. The van der Waals surface area contributed by atoms with Gasteiger partial charge in [0.15, 0.2) is 21.3 Å². The number of fused-ring (bicyclic) bond motifs is 1. The molecule has 30 heavy (non-hydrogen) atoms. The third kappa shape index (κ3) is 3.97. The minimum Gasteiger partial charge on any atom is -0.440 e. The number of carbonyl (C=O) groups excluding carboxylic acids is 1. The maximum atomic E-state index is 13.3. The van der Waals surface area contributed by atoms with E-state index in [0.29, 0.717) is 24.7 Å². The first kappa shape index (κ1) is 19.3. The van der Waals surface area contributed by atoms with Gasteiger partial charge in [0.05, 0.1) is 11.5 Å². The van der Waals surface area contributed by atoms with Gasteiger partial charge in [-0.2, -0.15) is 0 Å². The van der Waals surface area contributed by atoms with E-state index in [1.54, 1.807) is 0 Å². The van der Waals surface area contributed by atoms with Crippen molar-refractivity contribution in [3.8, 4) is 0 Å². The van der Waals surface area contributed by atoms with Crippen molar-refractivity contribution in [2.75, 3.05) is 29.9 Å². The number of hydrogen-bond donors (Lipinski definition) is 1. The van der Waals surface area contributed by atoms with Crippen LogP contribution in [0.5, 0.6) is 0 Å². The summed E-state index contributed by atoms with van der Waals surface area (Å²) in [6.45, 7) is 0.671. The van der Waals surface area contributed by atoms with E-state index < -0.39 is 15.9 Å². The molecule has 1 aliphatic carbocycles. The second kappa shape index (κ2) is 7.52. The highest BCUT2D eigenvalue weighted by Gasteiger charge is 2.33. The summed E-state index contributed by atoms with van der Waals surface area (Å²) in [5.74, 6) is 1.14. The zero-order valence-corrected chi connectivity index (χ0v) is 17.3. The van der Waals surface area contributed by atoms with E-state index in [1.165, 1.54) is 0 Å². The molecule has 7 nitrogen and oxygen atoms in total. The number of carbonyl (C=O) groups is 1. The number of rotatable bonds is 5. The minimum atomic E-state index is -3.03. The van der Waals surface area contributed by atoms with Gasteiger partial charge < -0.3 is 9.73 Å². The predicted molar refractivity (Wildman–Crippen MR) is 114 cm³/mol. The highest BCUT2D eigenvalue weighted by molar-refractivity contribution is 7.91. The lowest BCUT2D eigenvalue weighted by Gasteiger charge is -2.33. The maximum absolute atomic E-state index is 13.3. The van der Waals surface area contributed by atoms with Gasteiger partial charge in [-0.05, 0) is 36.6 Å². The van der Waals surface area contributed by atoms with Gasteiger partial charge in [0.2, 0.25) is 5.91 Å². The molecule has 1 aliphatic heterocycles. The summed E-state index contributed by atoms with van der Waals surface area (Å²) in [5.41, 5.74) is 2.94. The molecule has 2 aromatic carbocycles. The van der Waals surface area contributed by atoms with Crippen LogP contribution in [0, 0.1) is 0 Å². The SMILES string of the molecule is O=C(Nc1ccc2oc(C3CC3)nc2c1)C(c1ccccc1)N1CCS(=O)(=O)CC1. The molecule has 2 heterocycles. The molecule has 8 heteroatoms. The van der Waals surface area contributed by atoms with Gasteiger partial charge >= 0.3 is 0 Å². The minimum absolute atomic E-state index is 0.0679. The van der Waals surface area contributed by atoms with E-state index in [9.17, 15) is 13.2 Å². The lowest BCUT2D eigenvalue weighted by Crippen LogP contribution is -2.46. The van der Waals surface area contributed by atoms with Crippen LogP contribution in [0.4, 0.5) is 5.69 Å². The lowest BCUT2D eigenvalue weighted by atomic mass is 10.0. The Morgan fingerprint density at radius 3 is 2.53 bits per heavy atom. The van der Waals surface area contributed by atoms with Crippen LogP contribution in [0.1, 0.15) is 36.3 Å². The quantitative estimate of drug-likeness (QED) is 0.675. The summed E-state index contributed by atoms with van der Waals surface area (Å²) in [4.78, 5) is 19.8. The fourth-order valence-electron chi connectivity index (χ4n) is 3.89. The summed E-state index contributed by atoms with van der Waals surface area (Å²) in [7, 11) is -3.03. The summed E-state index contributed by atoms with van der Waals surface area (Å²) in [5, 5.41) is 2.99. The van der Waals surface area contributed by atoms with Crippen molar-refractivity contribution in [3.63, 3.8) is 0 Å². The van der Waals surface area contributed by atoms with E-state index in [4.69, 9.17) is 4.42 Å². The molecule has 0 bridgehead atoms. The Balaban J connectivity index is 1.40. The van der Waals surface area contributed by atoms with E-state index in [-0.39, 0.29) is 17.4 Å². The molecular weight excluding hydrogens is 402 g/mol. The average molecular weight is 426 g/mol. The van der Waals surface area contributed by atoms with Gasteiger partial charge in [-0.15, -0.1) is 0 Å².